The topological polar surface area (TPSA) is 3.24 Å². The van der Waals surface area contributed by atoms with Crippen molar-refractivity contribution in [2.75, 3.05) is 11.9 Å². The van der Waals surface area contributed by atoms with Crippen molar-refractivity contribution in [2.24, 2.45) is 0 Å². The SMILES string of the molecule is CN1c2ccccc2C(c2ccccc2)c2c(I)cccc21. The molecule has 1 aliphatic heterocycles. The molecule has 0 spiro atoms. The standard InChI is InChI=1S/C20H16IN/c1-22-17-12-6-5-10-15(17)19(14-8-3-2-4-9-14)20-16(21)11-7-13-18(20)22/h2-13,19H,1H3. The fraction of sp³-hybridized carbons (Fsp3) is 0.100. The molecule has 1 nitrogen and oxygen atoms in total. The Bertz CT molecular complexity index is 826. The molecule has 22 heavy (non-hydrogen) atoms. The lowest BCUT2D eigenvalue weighted by Gasteiger charge is -2.36. The first-order valence-electron chi connectivity index (χ1n) is 7.43. The van der Waals surface area contributed by atoms with Crippen LogP contribution in [0.4, 0.5) is 11.4 Å². The van der Waals surface area contributed by atoms with Crippen molar-refractivity contribution in [3.05, 3.63) is 93.1 Å². The van der Waals surface area contributed by atoms with Gasteiger partial charge >= 0.3 is 0 Å². The van der Waals surface area contributed by atoms with Gasteiger partial charge in [-0.2, -0.15) is 0 Å². The van der Waals surface area contributed by atoms with Gasteiger partial charge in [0, 0.05) is 33.5 Å². The van der Waals surface area contributed by atoms with Crippen LogP contribution in [0.25, 0.3) is 0 Å². The molecule has 4 rings (SSSR count). The zero-order chi connectivity index (χ0) is 15.1. The lowest BCUT2D eigenvalue weighted by Crippen LogP contribution is -2.23. The van der Waals surface area contributed by atoms with Gasteiger partial charge in [0.25, 0.3) is 0 Å². The van der Waals surface area contributed by atoms with Crippen molar-refractivity contribution < 1.29 is 0 Å². The first-order valence-corrected chi connectivity index (χ1v) is 8.51. The molecule has 0 amide bonds. The molecule has 0 radical (unpaired) electrons. The molecule has 0 aliphatic carbocycles. The van der Waals surface area contributed by atoms with Crippen LogP contribution in [0.5, 0.6) is 0 Å². The first-order chi connectivity index (χ1) is 10.8. The van der Waals surface area contributed by atoms with Crippen molar-refractivity contribution >= 4 is 34.0 Å². The van der Waals surface area contributed by atoms with Gasteiger partial charge in [-0.15, -0.1) is 0 Å². The predicted octanol–water partition coefficient (Wildman–Crippen LogP) is 5.55. The van der Waals surface area contributed by atoms with Gasteiger partial charge in [0.2, 0.25) is 0 Å². The fourth-order valence-electron chi connectivity index (χ4n) is 3.42. The van der Waals surface area contributed by atoms with Gasteiger partial charge in [0.05, 0.1) is 0 Å². The average Bonchev–Trinajstić information content (AvgIpc) is 2.57. The molecule has 108 valence electrons. The number of benzene rings is 3. The molecule has 1 unspecified atom stereocenters. The molecule has 3 aromatic carbocycles. The largest absolute Gasteiger partial charge is 0.344 e. The number of para-hydroxylation sites is 1. The third-order valence-electron chi connectivity index (χ3n) is 4.42. The Hall–Kier alpha value is -1.81. The molecule has 0 saturated heterocycles. The molecule has 1 aliphatic rings. The Morgan fingerprint density at radius 1 is 0.773 bits per heavy atom. The summed E-state index contributed by atoms with van der Waals surface area (Å²) in [5.41, 5.74) is 6.75. The highest BCUT2D eigenvalue weighted by atomic mass is 127. The highest BCUT2D eigenvalue weighted by Crippen LogP contribution is 2.48. The summed E-state index contributed by atoms with van der Waals surface area (Å²) in [7, 11) is 2.16. The Labute approximate surface area is 144 Å². The number of rotatable bonds is 1. The van der Waals surface area contributed by atoms with Gasteiger partial charge in [0.15, 0.2) is 0 Å². The molecule has 3 aromatic rings. The Balaban J connectivity index is 2.05. The van der Waals surface area contributed by atoms with Crippen molar-refractivity contribution in [1.82, 2.24) is 0 Å². The average molecular weight is 397 g/mol. The van der Waals surface area contributed by atoms with E-state index in [1.165, 1.54) is 31.6 Å². The van der Waals surface area contributed by atoms with Crippen molar-refractivity contribution in [3.63, 3.8) is 0 Å². The second-order valence-electron chi connectivity index (χ2n) is 5.63. The summed E-state index contributed by atoms with van der Waals surface area (Å²) < 4.78 is 1.32. The van der Waals surface area contributed by atoms with E-state index in [0.29, 0.717) is 5.92 Å². The number of hydrogen-bond acceptors (Lipinski definition) is 1. The number of halogens is 1. The fourth-order valence-corrected chi connectivity index (χ4v) is 4.21. The predicted molar refractivity (Wildman–Crippen MR) is 101 cm³/mol. The van der Waals surface area contributed by atoms with Crippen LogP contribution in [0.3, 0.4) is 0 Å². The Morgan fingerprint density at radius 3 is 2.27 bits per heavy atom. The lowest BCUT2D eigenvalue weighted by atomic mass is 9.80. The molecule has 0 fully saturated rings. The Morgan fingerprint density at radius 2 is 1.45 bits per heavy atom. The lowest BCUT2D eigenvalue weighted by molar-refractivity contribution is 0.919. The van der Waals surface area contributed by atoms with E-state index in [-0.39, 0.29) is 0 Å². The molecule has 2 heteroatoms. The number of fused-ring (bicyclic) bond motifs is 2. The summed E-state index contributed by atoms with van der Waals surface area (Å²) in [6, 6.07) is 26.1. The van der Waals surface area contributed by atoms with Crippen LogP contribution in [0.15, 0.2) is 72.8 Å². The molecule has 0 N–H and O–H groups in total. The summed E-state index contributed by atoms with van der Waals surface area (Å²) in [6.45, 7) is 0. The maximum Gasteiger partial charge on any atom is 0.0461 e. The second kappa shape index (κ2) is 5.43. The minimum absolute atomic E-state index is 0.302. The highest BCUT2D eigenvalue weighted by Gasteiger charge is 2.30. The van der Waals surface area contributed by atoms with E-state index in [9.17, 15) is 0 Å². The van der Waals surface area contributed by atoms with E-state index in [2.05, 4.69) is 107 Å². The van der Waals surface area contributed by atoms with E-state index in [0.717, 1.165) is 0 Å². The maximum absolute atomic E-state index is 2.47. The van der Waals surface area contributed by atoms with Gasteiger partial charge in [-0.1, -0.05) is 54.6 Å². The number of nitrogens with zero attached hydrogens (tertiary/aromatic N) is 1. The van der Waals surface area contributed by atoms with Crippen LogP contribution < -0.4 is 4.90 Å². The third-order valence-corrected chi connectivity index (χ3v) is 5.36. The summed E-state index contributed by atoms with van der Waals surface area (Å²) in [4.78, 5) is 2.31. The minimum atomic E-state index is 0.302. The van der Waals surface area contributed by atoms with E-state index in [1.807, 2.05) is 0 Å². The second-order valence-corrected chi connectivity index (χ2v) is 6.80. The molecule has 0 saturated carbocycles. The van der Waals surface area contributed by atoms with Gasteiger partial charge in [-0.25, -0.2) is 0 Å². The zero-order valence-electron chi connectivity index (χ0n) is 12.3. The summed E-state index contributed by atoms with van der Waals surface area (Å²) in [5.74, 6) is 0.302. The summed E-state index contributed by atoms with van der Waals surface area (Å²) in [6.07, 6.45) is 0. The summed E-state index contributed by atoms with van der Waals surface area (Å²) in [5, 5.41) is 0. The molecule has 0 bridgehead atoms. The van der Waals surface area contributed by atoms with Crippen molar-refractivity contribution in [3.8, 4) is 0 Å². The van der Waals surface area contributed by atoms with Gasteiger partial charge in [0.1, 0.15) is 0 Å². The van der Waals surface area contributed by atoms with Crippen LogP contribution in [-0.2, 0) is 0 Å². The van der Waals surface area contributed by atoms with Crippen LogP contribution in [-0.4, -0.2) is 7.05 Å². The summed E-state index contributed by atoms with van der Waals surface area (Å²) >= 11 is 2.47. The Kier molecular flexibility index (Phi) is 3.41. The van der Waals surface area contributed by atoms with Crippen LogP contribution in [0, 0.1) is 3.57 Å². The van der Waals surface area contributed by atoms with Crippen LogP contribution >= 0.6 is 22.6 Å². The monoisotopic (exact) mass is 397 g/mol. The number of hydrogen-bond donors (Lipinski definition) is 0. The number of anilines is 2. The molecular formula is C20H16IN. The van der Waals surface area contributed by atoms with Gasteiger partial charge in [-0.05, 0) is 51.9 Å². The highest BCUT2D eigenvalue weighted by molar-refractivity contribution is 14.1. The minimum Gasteiger partial charge on any atom is -0.344 e. The van der Waals surface area contributed by atoms with Gasteiger partial charge < -0.3 is 4.90 Å². The van der Waals surface area contributed by atoms with Crippen molar-refractivity contribution in [1.29, 1.82) is 0 Å². The third kappa shape index (κ3) is 2.05. The van der Waals surface area contributed by atoms with E-state index in [1.54, 1.807) is 0 Å². The van der Waals surface area contributed by atoms with E-state index < -0.39 is 0 Å². The maximum atomic E-state index is 2.47. The van der Waals surface area contributed by atoms with E-state index >= 15 is 0 Å². The van der Waals surface area contributed by atoms with Crippen LogP contribution in [0.2, 0.25) is 0 Å². The zero-order valence-corrected chi connectivity index (χ0v) is 14.5. The molecule has 1 atom stereocenters. The normalized spacial score (nSPS) is 16.1. The van der Waals surface area contributed by atoms with Crippen LogP contribution in [0.1, 0.15) is 22.6 Å². The molecule has 1 heterocycles. The smallest absolute Gasteiger partial charge is 0.0461 e. The molecule has 0 aromatic heterocycles. The van der Waals surface area contributed by atoms with E-state index in [4.69, 9.17) is 0 Å². The van der Waals surface area contributed by atoms with Gasteiger partial charge in [-0.3, -0.25) is 0 Å². The first kappa shape index (κ1) is 13.8. The quantitative estimate of drug-likeness (QED) is 0.487. The molecular weight excluding hydrogens is 381 g/mol. The van der Waals surface area contributed by atoms with Crippen molar-refractivity contribution in [2.45, 2.75) is 5.92 Å².